The number of piperidine rings is 1. The number of benzene rings is 1. The number of hydrogen-bond donors (Lipinski definition) is 1. The van der Waals surface area contributed by atoms with Gasteiger partial charge in [0.15, 0.2) is 9.84 Å². The molecule has 0 unspecified atom stereocenters. The number of rotatable bonds is 2. The molecule has 3 nitrogen and oxygen atoms in total. The zero-order valence-corrected chi connectivity index (χ0v) is 11.6. The molecule has 1 N–H and O–H groups in total. The predicted molar refractivity (Wildman–Crippen MR) is 71.8 cm³/mol. The third-order valence-electron chi connectivity index (χ3n) is 2.87. The molecule has 0 bridgehead atoms. The van der Waals surface area contributed by atoms with E-state index in [1.165, 1.54) is 0 Å². The first kappa shape index (κ1) is 14.8. The molecule has 0 aromatic heterocycles. The fraction of sp³-hybridized carbons (Fsp3) is 0.455. The molecule has 17 heavy (non-hydrogen) atoms. The molecule has 96 valence electrons. The molecule has 0 radical (unpaired) electrons. The van der Waals surface area contributed by atoms with Crippen molar-refractivity contribution in [3.05, 3.63) is 29.3 Å². The van der Waals surface area contributed by atoms with Crippen LogP contribution in [0, 0.1) is 0 Å². The first-order valence-electron chi connectivity index (χ1n) is 5.31. The molecule has 0 atom stereocenters. The van der Waals surface area contributed by atoms with Crippen LogP contribution >= 0.6 is 24.0 Å². The summed E-state index contributed by atoms with van der Waals surface area (Å²) in [5.41, 5.74) is 0. The second kappa shape index (κ2) is 6.05. The van der Waals surface area contributed by atoms with Crippen LogP contribution in [0.1, 0.15) is 12.8 Å². The van der Waals surface area contributed by atoms with E-state index < -0.39 is 9.84 Å². The normalized spacial score (nSPS) is 17.5. The van der Waals surface area contributed by atoms with Crippen LogP contribution in [0.4, 0.5) is 0 Å². The second-order valence-electron chi connectivity index (χ2n) is 3.95. The second-order valence-corrected chi connectivity index (χ2v) is 6.61. The molecule has 6 heteroatoms. The lowest BCUT2D eigenvalue weighted by Crippen LogP contribution is -2.35. The minimum absolute atomic E-state index is 0. The Morgan fingerprint density at radius 2 is 1.65 bits per heavy atom. The van der Waals surface area contributed by atoms with Gasteiger partial charge in [-0.25, -0.2) is 8.42 Å². The predicted octanol–water partition coefficient (Wildman–Crippen LogP) is 2.29. The van der Waals surface area contributed by atoms with Crippen LogP contribution in [-0.4, -0.2) is 26.8 Å². The lowest BCUT2D eigenvalue weighted by Gasteiger charge is -2.22. The third-order valence-corrected chi connectivity index (χ3v) is 5.40. The lowest BCUT2D eigenvalue weighted by atomic mass is 10.2. The van der Waals surface area contributed by atoms with Crippen molar-refractivity contribution >= 4 is 33.8 Å². The largest absolute Gasteiger partial charge is 0.317 e. The molecule has 0 saturated carbocycles. The van der Waals surface area contributed by atoms with Gasteiger partial charge in [-0.1, -0.05) is 11.6 Å². The molecule has 1 heterocycles. The summed E-state index contributed by atoms with van der Waals surface area (Å²) in [6, 6.07) is 6.41. The molecule has 0 aliphatic carbocycles. The van der Waals surface area contributed by atoms with Crippen molar-refractivity contribution in [3.63, 3.8) is 0 Å². The fourth-order valence-electron chi connectivity index (χ4n) is 1.92. The molecule has 1 aliphatic rings. The van der Waals surface area contributed by atoms with E-state index in [0.717, 1.165) is 13.1 Å². The summed E-state index contributed by atoms with van der Waals surface area (Å²) in [4.78, 5) is 0.379. The Morgan fingerprint density at radius 1 is 1.12 bits per heavy atom. The number of hydrogen-bond acceptors (Lipinski definition) is 3. The summed E-state index contributed by atoms with van der Waals surface area (Å²) < 4.78 is 24.5. The van der Waals surface area contributed by atoms with Gasteiger partial charge in [-0.3, -0.25) is 0 Å². The molecular formula is C11H15Cl2NO2S. The van der Waals surface area contributed by atoms with Crippen LogP contribution in [0.2, 0.25) is 5.02 Å². The molecule has 0 spiro atoms. The lowest BCUT2D eigenvalue weighted by molar-refractivity contribution is 0.496. The fourth-order valence-corrected chi connectivity index (χ4v) is 3.81. The Balaban J connectivity index is 0.00000144. The summed E-state index contributed by atoms with van der Waals surface area (Å²) in [6.45, 7) is 1.55. The minimum Gasteiger partial charge on any atom is -0.317 e. The third kappa shape index (κ3) is 3.35. The van der Waals surface area contributed by atoms with Gasteiger partial charge in [0, 0.05) is 5.02 Å². The van der Waals surface area contributed by atoms with E-state index in [1.807, 2.05) is 0 Å². The van der Waals surface area contributed by atoms with Crippen LogP contribution in [0.5, 0.6) is 0 Å². The van der Waals surface area contributed by atoms with Crippen molar-refractivity contribution < 1.29 is 8.42 Å². The van der Waals surface area contributed by atoms with Crippen LogP contribution in [0.15, 0.2) is 29.2 Å². The summed E-state index contributed by atoms with van der Waals surface area (Å²) in [5, 5.41) is 3.47. The number of halogens is 2. The smallest absolute Gasteiger partial charge is 0.181 e. The Kier molecular flexibility index (Phi) is 5.25. The van der Waals surface area contributed by atoms with Crippen LogP contribution in [0.3, 0.4) is 0 Å². The van der Waals surface area contributed by atoms with Gasteiger partial charge >= 0.3 is 0 Å². The molecular weight excluding hydrogens is 281 g/mol. The average Bonchev–Trinajstić information content (AvgIpc) is 2.31. The Bertz CT molecular complexity index is 453. The monoisotopic (exact) mass is 295 g/mol. The Hall–Kier alpha value is -0.290. The maximum absolute atomic E-state index is 12.2. The van der Waals surface area contributed by atoms with Crippen molar-refractivity contribution in [1.82, 2.24) is 5.32 Å². The van der Waals surface area contributed by atoms with Crippen molar-refractivity contribution in [1.29, 1.82) is 0 Å². The van der Waals surface area contributed by atoms with Gasteiger partial charge in [-0.15, -0.1) is 12.4 Å². The zero-order chi connectivity index (χ0) is 11.6. The van der Waals surface area contributed by atoms with Crippen molar-refractivity contribution in [2.45, 2.75) is 23.0 Å². The van der Waals surface area contributed by atoms with E-state index in [2.05, 4.69) is 5.32 Å². The summed E-state index contributed by atoms with van der Waals surface area (Å²) >= 11 is 5.74. The van der Waals surface area contributed by atoms with Gasteiger partial charge < -0.3 is 5.32 Å². The molecule has 0 amide bonds. The summed E-state index contributed by atoms with van der Waals surface area (Å²) in [5.74, 6) is 0. The van der Waals surface area contributed by atoms with Gasteiger partial charge in [0.25, 0.3) is 0 Å². The maximum atomic E-state index is 12.2. The highest BCUT2D eigenvalue weighted by atomic mass is 35.5. The standard InChI is InChI=1S/C11H14ClNO2S.ClH/c12-9-1-3-10(4-2-9)16(14,15)11-5-7-13-8-6-11;/h1-4,11,13H,5-8H2;1H. The van der Waals surface area contributed by atoms with Crippen LogP contribution < -0.4 is 5.32 Å². The van der Waals surface area contributed by atoms with E-state index in [-0.39, 0.29) is 17.7 Å². The SMILES string of the molecule is Cl.O=S(=O)(c1ccc(Cl)cc1)C1CCNCC1. The van der Waals surface area contributed by atoms with Gasteiger partial charge in [-0.2, -0.15) is 0 Å². The quantitative estimate of drug-likeness (QED) is 0.911. The zero-order valence-electron chi connectivity index (χ0n) is 9.23. The van der Waals surface area contributed by atoms with Crippen molar-refractivity contribution in [2.75, 3.05) is 13.1 Å². The highest BCUT2D eigenvalue weighted by Crippen LogP contribution is 2.23. The Morgan fingerprint density at radius 3 is 2.18 bits per heavy atom. The summed E-state index contributed by atoms with van der Waals surface area (Å²) in [7, 11) is -3.18. The van der Waals surface area contributed by atoms with Gasteiger partial charge in [0.2, 0.25) is 0 Å². The molecule has 1 fully saturated rings. The van der Waals surface area contributed by atoms with E-state index >= 15 is 0 Å². The first-order chi connectivity index (χ1) is 7.60. The molecule has 1 aromatic carbocycles. The molecule has 2 rings (SSSR count). The Labute approximate surface area is 113 Å². The first-order valence-corrected chi connectivity index (χ1v) is 7.23. The molecule has 1 saturated heterocycles. The molecule has 1 aliphatic heterocycles. The van der Waals surface area contributed by atoms with Crippen LogP contribution in [0.25, 0.3) is 0 Å². The highest BCUT2D eigenvalue weighted by molar-refractivity contribution is 7.92. The highest BCUT2D eigenvalue weighted by Gasteiger charge is 2.28. The molecule has 1 aromatic rings. The maximum Gasteiger partial charge on any atom is 0.181 e. The summed E-state index contributed by atoms with van der Waals surface area (Å²) in [6.07, 6.45) is 1.37. The number of nitrogens with one attached hydrogen (secondary N) is 1. The van der Waals surface area contributed by atoms with E-state index in [9.17, 15) is 8.42 Å². The van der Waals surface area contributed by atoms with Crippen molar-refractivity contribution in [2.24, 2.45) is 0 Å². The van der Waals surface area contributed by atoms with Crippen molar-refractivity contribution in [3.8, 4) is 0 Å². The topological polar surface area (TPSA) is 46.2 Å². The van der Waals surface area contributed by atoms with Gasteiger partial charge in [0.05, 0.1) is 10.1 Å². The van der Waals surface area contributed by atoms with E-state index in [4.69, 9.17) is 11.6 Å². The minimum atomic E-state index is -3.18. The van der Waals surface area contributed by atoms with E-state index in [0.29, 0.717) is 22.8 Å². The van der Waals surface area contributed by atoms with E-state index in [1.54, 1.807) is 24.3 Å². The van der Waals surface area contributed by atoms with Gasteiger partial charge in [-0.05, 0) is 50.2 Å². The number of sulfone groups is 1. The average molecular weight is 296 g/mol. The van der Waals surface area contributed by atoms with Crippen LogP contribution in [-0.2, 0) is 9.84 Å². The van der Waals surface area contributed by atoms with Gasteiger partial charge in [0.1, 0.15) is 0 Å².